The summed E-state index contributed by atoms with van der Waals surface area (Å²) in [6, 6.07) is 0.204. The molecule has 2 aromatic rings. The number of anilines is 2. The highest BCUT2D eigenvalue weighted by atomic mass is 32.1. The highest BCUT2D eigenvalue weighted by Gasteiger charge is 2.35. The number of carbonyl (C=O) groups is 2. The van der Waals surface area contributed by atoms with E-state index in [1.165, 1.54) is 30.6 Å². The second-order valence-corrected chi connectivity index (χ2v) is 11.0. The van der Waals surface area contributed by atoms with E-state index in [0.29, 0.717) is 11.5 Å². The van der Waals surface area contributed by atoms with Crippen LogP contribution in [0.1, 0.15) is 71.8 Å². The fourth-order valence-electron chi connectivity index (χ4n) is 4.53. The maximum absolute atomic E-state index is 13.2. The number of thiophene rings is 1. The molecular weight excluding hydrogens is 424 g/mol. The lowest BCUT2D eigenvalue weighted by atomic mass is 9.91. The first-order valence-corrected chi connectivity index (χ1v) is 12.8. The zero-order chi connectivity index (χ0) is 21.7. The van der Waals surface area contributed by atoms with Crippen molar-refractivity contribution in [2.45, 2.75) is 63.8 Å². The van der Waals surface area contributed by atoms with Crippen molar-refractivity contribution in [3.05, 3.63) is 22.3 Å². The first-order valence-electron chi connectivity index (χ1n) is 12.0. The van der Waals surface area contributed by atoms with Crippen molar-refractivity contribution in [1.82, 2.24) is 20.1 Å². The summed E-state index contributed by atoms with van der Waals surface area (Å²) in [5.41, 5.74) is 1.78. The van der Waals surface area contributed by atoms with E-state index in [-0.39, 0.29) is 23.8 Å². The second kappa shape index (κ2) is 8.17. The normalized spacial score (nSPS) is 22.3. The van der Waals surface area contributed by atoms with Crippen LogP contribution < -0.4 is 16.0 Å². The summed E-state index contributed by atoms with van der Waals surface area (Å²) < 4.78 is 2.14. The van der Waals surface area contributed by atoms with E-state index in [4.69, 9.17) is 0 Å². The SMILES string of the molecule is O=C(NCC1CC1)c1c(NC(=O)C2CC2)sc2c1C[C@@H](n1cnnc1NCC1CC1)CC2. The monoisotopic (exact) mass is 454 g/mol. The molecule has 0 saturated heterocycles. The van der Waals surface area contributed by atoms with Gasteiger partial charge >= 0.3 is 0 Å². The van der Waals surface area contributed by atoms with E-state index in [2.05, 4.69) is 30.7 Å². The van der Waals surface area contributed by atoms with Crippen LogP contribution in [0, 0.1) is 17.8 Å². The van der Waals surface area contributed by atoms with Crippen molar-refractivity contribution in [3.63, 3.8) is 0 Å². The Hall–Kier alpha value is -2.42. The average molecular weight is 455 g/mol. The van der Waals surface area contributed by atoms with Gasteiger partial charge in [0.1, 0.15) is 11.3 Å². The van der Waals surface area contributed by atoms with E-state index in [1.54, 1.807) is 17.7 Å². The van der Waals surface area contributed by atoms with Crippen LogP contribution in [0.3, 0.4) is 0 Å². The summed E-state index contributed by atoms with van der Waals surface area (Å²) >= 11 is 1.59. The van der Waals surface area contributed by atoms with Crippen LogP contribution in [-0.4, -0.2) is 39.7 Å². The van der Waals surface area contributed by atoms with E-state index < -0.39 is 0 Å². The lowest BCUT2D eigenvalue weighted by Gasteiger charge is -2.25. The Morgan fingerprint density at radius 3 is 2.59 bits per heavy atom. The fraction of sp³-hybridized carbons (Fsp3) is 0.652. The topological polar surface area (TPSA) is 101 Å². The molecule has 9 heteroatoms. The van der Waals surface area contributed by atoms with Gasteiger partial charge in [0.15, 0.2) is 0 Å². The van der Waals surface area contributed by atoms with E-state index in [0.717, 1.165) is 67.6 Å². The molecule has 32 heavy (non-hydrogen) atoms. The Morgan fingerprint density at radius 1 is 1.06 bits per heavy atom. The molecule has 0 bridgehead atoms. The van der Waals surface area contributed by atoms with Crippen molar-refractivity contribution in [1.29, 1.82) is 0 Å². The molecule has 0 aromatic carbocycles. The molecule has 2 amide bonds. The summed E-state index contributed by atoms with van der Waals surface area (Å²) in [7, 11) is 0. The third-order valence-electron chi connectivity index (χ3n) is 7.11. The zero-order valence-corrected chi connectivity index (χ0v) is 19.0. The van der Waals surface area contributed by atoms with Gasteiger partial charge in [-0.05, 0) is 75.2 Å². The Morgan fingerprint density at radius 2 is 1.84 bits per heavy atom. The molecule has 6 rings (SSSR count). The van der Waals surface area contributed by atoms with Gasteiger partial charge in [-0.2, -0.15) is 0 Å². The molecule has 2 aromatic heterocycles. The van der Waals surface area contributed by atoms with Crippen molar-refractivity contribution < 1.29 is 9.59 Å². The van der Waals surface area contributed by atoms with Crippen LogP contribution in [0.25, 0.3) is 0 Å². The Labute approximate surface area is 191 Å². The van der Waals surface area contributed by atoms with Crippen LogP contribution in [-0.2, 0) is 17.6 Å². The fourth-order valence-corrected chi connectivity index (χ4v) is 5.78. The van der Waals surface area contributed by atoms with Crippen molar-refractivity contribution in [2.24, 2.45) is 17.8 Å². The van der Waals surface area contributed by atoms with Gasteiger partial charge in [0.2, 0.25) is 11.9 Å². The van der Waals surface area contributed by atoms with Crippen LogP contribution >= 0.6 is 11.3 Å². The molecule has 0 unspecified atom stereocenters. The zero-order valence-electron chi connectivity index (χ0n) is 18.2. The minimum absolute atomic E-state index is 0.0445. The van der Waals surface area contributed by atoms with Crippen LogP contribution in [0.4, 0.5) is 10.9 Å². The molecule has 1 atom stereocenters. The molecule has 4 aliphatic carbocycles. The van der Waals surface area contributed by atoms with Crippen molar-refractivity contribution in [2.75, 3.05) is 23.7 Å². The van der Waals surface area contributed by atoms with Gasteiger partial charge in [0.05, 0.1) is 5.56 Å². The van der Waals surface area contributed by atoms with Crippen LogP contribution in [0.5, 0.6) is 0 Å². The summed E-state index contributed by atoms with van der Waals surface area (Å²) in [6.45, 7) is 1.67. The standard InChI is InChI=1S/C23H30N6O2S/c30-20(15-5-6-15)27-22-19(21(31)24-10-13-1-2-13)17-9-16(7-8-18(17)32-22)29-12-26-28-23(29)25-11-14-3-4-14/h12-16H,1-11H2,(H,24,31)(H,25,28)(H,27,30)/t16-/m0/s1. The predicted octanol–water partition coefficient (Wildman–Crippen LogP) is 3.38. The van der Waals surface area contributed by atoms with Crippen LogP contribution in [0.15, 0.2) is 6.33 Å². The molecule has 170 valence electrons. The molecule has 3 N–H and O–H groups in total. The first kappa shape index (κ1) is 20.2. The largest absolute Gasteiger partial charge is 0.354 e. The number of carbonyl (C=O) groups excluding carboxylic acids is 2. The van der Waals surface area contributed by atoms with Crippen LogP contribution in [0.2, 0.25) is 0 Å². The molecule has 4 aliphatic rings. The number of nitrogens with zero attached hydrogens (tertiary/aromatic N) is 3. The summed E-state index contributed by atoms with van der Waals surface area (Å²) in [5, 5.41) is 18.9. The first-order chi connectivity index (χ1) is 15.7. The maximum atomic E-state index is 13.2. The number of fused-ring (bicyclic) bond motifs is 1. The van der Waals surface area contributed by atoms with Gasteiger partial charge < -0.3 is 16.0 Å². The molecule has 2 heterocycles. The quantitative estimate of drug-likeness (QED) is 0.539. The van der Waals surface area contributed by atoms with Gasteiger partial charge in [-0.3, -0.25) is 14.2 Å². The van der Waals surface area contributed by atoms with Gasteiger partial charge in [-0.1, -0.05) is 0 Å². The number of aryl methyl sites for hydroxylation is 1. The smallest absolute Gasteiger partial charge is 0.254 e. The molecule has 3 fully saturated rings. The van der Waals surface area contributed by atoms with Crippen molar-refractivity contribution in [3.8, 4) is 0 Å². The Balaban J connectivity index is 1.25. The number of rotatable bonds is 9. The van der Waals surface area contributed by atoms with Gasteiger partial charge in [-0.25, -0.2) is 0 Å². The third-order valence-corrected chi connectivity index (χ3v) is 8.31. The summed E-state index contributed by atoms with van der Waals surface area (Å²) in [5.74, 6) is 2.32. The van der Waals surface area contributed by atoms with Gasteiger partial charge in [0, 0.05) is 29.9 Å². The van der Waals surface area contributed by atoms with Gasteiger partial charge in [0.25, 0.3) is 5.91 Å². The van der Waals surface area contributed by atoms with E-state index >= 15 is 0 Å². The average Bonchev–Trinajstić information content (AvgIpc) is 3.67. The van der Waals surface area contributed by atoms with Crippen molar-refractivity contribution >= 4 is 34.1 Å². The minimum Gasteiger partial charge on any atom is -0.354 e. The second-order valence-electron chi connectivity index (χ2n) is 9.91. The number of amides is 2. The maximum Gasteiger partial charge on any atom is 0.254 e. The molecule has 8 nitrogen and oxygen atoms in total. The minimum atomic E-state index is -0.0445. The molecule has 0 aliphatic heterocycles. The van der Waals surface area contributed by atoms with E-state index in [1.807, 2.05) is 0 Å². The Kier molecular flexibility index (Phi) is 5.16. The highest BCUT2D eigenvalue weighted by molar-refractivity contribution is 7.17. The molecule has 3 saturated carbocycles. The van der Waals surface area contributed by atoms with E-state index in [9.17, 15) is 9.59 Å². The number of hydrogen-bond acceptors (Lipinski definition) is 6. The summed E-state index contributed by atoms with van der Waals surface area (Å²) in [4.78, 5) is 27.0. The Bertz CT molecular complexity index is 1030. The molecule has 0 radical (unpaired) electrons. The number of aromatic nitrogens is 3. The summed E-state index contributed by atoms with van der Waals surface area (Å²) in [6.07, 6.45) is 11.3. The highest BCUT2D eigenvalue weighted by Crippen LogP contribution is 2.42. The molecular formula is C23H30N6O2S. The number of nitrogens with one attached hydrogen (secondary N) is 3. The lowest BCUT2D eigenvalue weighted by molar-refractivity contribution is -0.117. The van der Waals surface area contributed by atoms with Gasteiger partial charge in [-0.15, -0.1) is 21.5 Å². The molecule has 0 spiro atoms. The number of hydrogen-bond donors (Lipinski definition) is 3. The lowest BCUT2D eigenvalue weighted by Crippen LogP contribution is -2.28. The predicted molar refractivity (Wildman–Crippen MR) is 123 cm³/mol. The third kappa shape index (κ3) is 4.27.